The fraction of sp³-hybridized carbons (Fsp3) is 0.375. The zero-order chi connectivity index (χ0) is 16.9. The SMILES string of the molecule is N#CC1(C#N)C[C@@]2(O)NC(=O)[C@@]1(C#N)[C@@H](c1ccccc1)[C@@H]2Br. The third kappa shape index (κ3) is 1.65. The van der Waals surface area contributed by atoms with Gasteiger partial charge in [-0.05, 0) is 5.56 Å². The molecule has 2 bridgehead atoms. The first kappa shape index (κ1) is 15.5. The van der Waals surface area contributed by atoms with Gasteiger partial charge in [0.05, 0.1) is 23.0 Å². The molecule has 2 heterocycles. The van der Waals surface area contributed by atoms with Crippen molar-refractivity contribution >= 4 is 21.8 Å². The molecule has 0 radical (unpaired) electrons. The van der Waals surface area contributed by atoms with Crippen molar-refractivity contribution in [2.75, 3.05) is 0 Å². The quantitative estimate of drug-likeness (QED) is 0.721. The Morgan fingerprint density at radius 2 is 1.78 bits per heavy atom. The van der Waals surface area contributed by atoms with Gasteiger partial charge >= 0.3 is 0 Å². The average Bonchev–Trinajstić information content (AvgIpc) is 2.56. The van der Waals surface area contributed by atoms with Gasteiger partial charge in [-0.3, -0.25) is 4.79 Å². The van der Waals surface area contributed by atoms with Crippen LogP contribution in [0.15, 0.2) is 30.3 Å². The number of hydrogen-bond acceptors (Lipinski definition) is 5. The molecule has 3 fully saturated rings. The molecule has 1 saturated carbocycles. The summed E-state index contributed by atoms with van der Waals surface area (Å²) in [5, 5.41) is 42.3. The number of fused-ring (bicyclic) bond motifs is 3. The maximum atomic E-state index is 12.7. The minimum absolute atomic E-state index is 0.328. The third-order valence-electron chi connectivity index (χ3n) is 4.83. The largest absolute Gasteiger partial charge is 0.370 e. The molecule has 23 heavy (non-hydrogen) atoms. The second kappa shape index (κ2) is 4.80. The lowest BCUT2D eigenvalue weighted by atomic mass is 9.47. The number of aliphatic hydroxyl groups is 1. The molecule has 1 aromatic rings. The lowest BCUT2D eigenvalue weighted by molar-refractivity contribution is -0.172. The van der Waals surface area contributed by atoms with Gasteiger partial charge in [0.2, 0.25) is 5.91 Å². The molecular formula is C16H11BrN4O2. The summed E-state index contributed by atoms with van der Waals surface area (Å²) in [6.07, 6.45) is -0.328. The van der Waals surface area contributed by atoms with Crippen LogP contribution in [0.2, 0.25) is 0 Å². The van der Waals surface area contributed by atoms with E-state index in [1.165, 1.54) is 0 Å². The molecule has 0 aromatic heterocycles. The topological polar surface area (TPSA) is 121 Å². The van der Waals surface area contributed by atoms with Gasteiger partial charge in [0.1, 0.15) is 0 Å². The number of hydrogen-bond donors (Lipinski definition) is 2. The number of nitrogens with zero attached hydrogens (tertiary/aromatic N) is 3. The number of halogens is 1. The Morgan fingerprint density at radius 1 is 1.17 bits per heavy atom. The monoisotopic (exact) mass is 370 g/mol. The number of nitriles is 3. The minimum atomic E-state index is -1.93. The van der Waals surface area contributed by atoms with Crippen molar-refractivity contribution in [3.8, 4) is 18.2 Å². The summed E-state index contributed by atoms with van der Waals surface area (Å²) in [5.41, 5.74) is -5.00. The Labute approximate surface area is 141 Å². The highest BCUT2D eigenvalue weighted by atomic mass is 79.9. The van der Waals surface area contributed by atoms with E-state index in [0.717, 1.165) is 0 Å². The van der Waals surface area contributed by atoms with E-state index in [4.69, 9.17) is 0 Å². The van der Waals surface area contributed by atoms with Crippen molar-refractivity contribution in [2.45, 2.75) is 22.9 Å². The Balaban J connectivity index is 2.36. The molecule has 1 amide bonds. The average molecular weight is 371 g/mol. The molecule has 2 N–H and O–H groups in total. The van der Waals surface area contributed by atoms with Crippen LogP contribution in [0.5, 0.6) is 0 Å². The molecule has 0 spiro atoms. The van der Waals surface area contributed by atoms with E-state index in [1.54, 1.807) is 30.3 Å². The highest BCUT2D eigenvalue weighted by Crippen LogP contribution is 2.64. The zero-order valence-electron chi connectivity index (χ0n) is 11.8. The highest BCUT2D eigenvalue weighted by molar-refractivity contribution is 9.09. The number of alkyl halides is 1. The predicted molar refractivity (Wildman–Crippen MR) is 81.3 cm³/mol. The smallest absolute Gasteiger partial charge is 0.246 e. The van der Waals surface area contributed by atoms with Gasteiger partial charge in [-0.25, -0.2) is 0 Å². The summed E-state index contributed by atoms with van der Waals surface area (Å²) in [4.78, 5) is 12.0. The van der Waals surface area contributed by atoms with E-state index < -0.39 is 33.2 Å². The van der Waals surface area contributed by atoms with Crippen LogP contribution in [-0.4, -0.2) is 21.6 Å². The maximum absolute atomic E-state index is 12.7. The van der Waals surface area contributed by atoms with E-state index in [-0.39, 0.29) is 6.42 Å². The molecule has 7 heteroatoms. The fourth-order valence-electron chi connectivity index (χ4n) is 3.72. The lowest BCUT2D eigenvalue weighted by Crippen LogP contribution is -2.77. The second-order valence-corrected chi connectivity index (χ2v) is 6.88. The summed E-state index contributed by atoms with van der Waals surface area (Å²) >= 11 is 3.38. The molecular weight excluding hydrogens is 360 g/mol. The van der Waals surface area contributed by atoms with Crippen LogP contribution in [0.4, 0.5) is 0 Å². The number of nitrogens with one attached hydrogen (secondary N) is 1. The van der Waals surface area contributed by atoms with Crippen LogP contribution in [0.3, 0.4) is 0 Å². The van der Waals surface area contributed by atoms with Crippen molar-refractivity contribution in [1.82, 2.24) is 5.32 Å². The zero-order valence-corrected chi connectivity index (χ0v) is 13.4. The fourth-order valence-corrected chi connectivity index (χ4v) is 4.70. The minimum Gasteiger partial charge on any atom is -0.370 e. The summed E-state index contributed by atoms with van der Waals surface area (Å²) in [7, 11) is 0. The summed E-state index contributed by atoms with van der Waals surface area (Å²) in [6.45, 7) is 0. The van der Waals surface area contributed by atoms with Gasteiger partial charge in [-0.15, -0.1) is 0 Å². The molecule has 2 aliphatic heterocycles. The van der Waals surface area contributed by atoms with Crippen molar-refractivity contribution in [3.05, 3.63) is 35.9 Å². The second-order valence-electron chi connectivity index (χ2n) is 5.89. The van der Waals surface area contributed by atoms with Crippen LogP contribution in [0.25, 0.3) is 0 Å². The van der Waals surface area contributed by atoms with Crippen LogP contribution in [-0.2, 0) is 4.79 Å². The Kier molecular flexibility index (Phi) is 3.23. The molecule has 4 atom stereocenters. The third-order valence-corrected chi connectivity index (χ3v) is 6.11. The van der Waals surface area contributed by atoms with Crippen LogP contribution in [0, 0.1) is 44.8 Å². The van der Waals surface area contributed by atoms with Crippen LogP contribution in [0.1, 0.15) is 17.9 Å². The van der Waals surface area contributed by atoms with Gasteiger partial charge in [0.25, 0.3) is 0 Å². The van der Waals surface area contributed by atoms with Crippen LogP contribution >= 0.6 is 15.9 Å². The summed E-state index contributed by atoms with van der Waals surface area (Å²) in [5.74, 6) is -1.62. The summed E-state index contributed by atoms with van der Waals surface area (Å²) in [6, 6.07) is 14.3. The number of carbonyl (C=O) groups excluding carboxylic acids is 1. The van der Waals surface area contributed by atoms with E-state index >= 15 is 0 Å². The predicted octanol–water partition coefficient (Wildman–Crippen LogP) is 1.30. The number of rotatable bonds is 1. The molecule has 3 aliphatic rings. The van der Waals surface area contributed by atoms with Gasteiger partial charge in [0, 0.05) is 12.3 Å². The van der Waals surface area contributed by atoms with Gasteiger partial charge in [-0.2, -0.15) is 15.8 Å². The molecule has 2 saturated heterocycles. The van der Waals surface area contributed by atoms with E-state index in [1.807, 2.05) is 18.2 Å². The van der Waals surface area contributed by atoms with E-state index in [2.05, 4.69) is 21.2 Å². The Hall–Kier alpha value is -2.40. The van der Waals surface area contributed by atoms with Crippen LogP contribution < -0.4 is 5.32 Å². The maximum Gasteiger partial charge on any atom is 0.246 e. The normalized spacial score (nSPS) is 37.1. The Bertz CT molecular complexity index is 792. The van der Waals surface area contributed by atoms with Crippen molar-refractivity contribution < 1.29 is 9.90 Å². The number of piperidine rings is 2. The van der Waals surface area contributed by atoms with Crippen molar-refractivity contribution in [3.63, 3.8) is 0 Å². The summed E-state index contributed by atoms with van der Waals surface area (Å²) < 4.78 is 0. The van der Waals surface area contributed by atoms with Crippen molar-refractivity contribution in [2.24, 2.45) is 10.8 Å². The lowest BCUT2D eigenvalue weighted by Gasteiger charge is -2.59. The highest BCUT2D eigenvalue weighted by Gasteiger charge is 2.77. The first-order valence-corrected chi connectivity index (χ1v) is 7.80. The first-order chi connectivity index (χ1) is 10.9. The number of carbonyl (C=O) groups is 1. The Morgan fingerprint density at radius 3 is 2.30 bits per heavy atom. The van der Waals surface area contributed by atoms with Gasteiger partial charge in [0.15, 0.2) is 16.6 Å². The standard InChI is InChI=1S/C16H11BrN4O2/c17-12-11(10-4-2-1-3-5-10)15(9-20)13(22)21-16(12,23)6-14(15,7-18)8-19/h1-5,11-12,23H,6H2,(H,21,22)/t11-,12-,15+,16-/m0/s1. The number of benzene rings is 1. The van der Waals surface area contributed by atoms with Crippen molar-refractivity contribution in [1.29, 1.82) is 15.8 Å². The molecule has 114 valence electrons. The molecule has 1 aliphatic carbocycles. The first-order valence-electron chi connectivity index (χ1n) is 6.88. The molecule has 1 aromatic carbocycles. The van der Waals surface area contributed by atoms with E-state index in [9.17, 15) is 25.7 Å². The number of amides is 1. The molecule has 6 nitrogen and oxygen atoms in total. The molecule has 0 unspecified atom stereocenters. The van der Waals surface area contributed by atoms with Gasteiger partial charge in [-0.1, -0.05) is 46.3 Å². The molecule has 4 rings (SSSR count). The van der Waals surface area contributed by atoms with Gasteiger partial charge < -0.3 is 10.4 Å². The van der Waals surface area contributed by atoms with E-state index in [0.29, 0.717) is 5.56 Å².